The van der Waals surface area contributed by atoms with Crippen molar-refractivity contribution in [2.24, 2.45) is 0 Å². The Bertz CT molecular complexity index is 941. The lowest BCUT2D eigenvalue weighted by Crippen LogP contribution is -2.31. The van der Waals surface area contributed by atoms with Gasteiger partial charge in [0.15, 0.2) is 9.84 Å². The van der Waals surface area contributed by atoms with Gasteiger partial charge in [0.05, 0.1) is 23.7 Å². The van der Waals surface area contributed by atoms with Crippen LogP contribution in [0, 0.1) is 0 Å². The summed E-state index contributed by atoms with van der Waals surface area (Å²) in [6.07, 6.45) is 2.10. The van der Waals surface area contributed by atoms with Crippen LogP contribution < -0.4 is 5.32 Å². The van der Waals surface area contributed by atoms with Crippen LogP contribution in [0.15, 0.2) is 34.9 Å². The maximum Gasteiger partial charge on any atom is 0.323 e. The molecule has 1 unspecified atom stereocenters. The van der Waals surface area contributed by atoms with Crippen LogP contribution in [0.5, 0.6) is 0 Å². The van der Waals surface area contributed by atoms with E-state index in [2.05, 4.69) is 26.3 Å². The van der Waals surface area contributed by atoms with Gasteiger partial charge in [-0.3, -0.25) is 5.32 Å². The van der Waals surface area contributed by atoms with Crippen molar-refractivity contribution in [2.45, 2.75) is 25.6 Å². The number of benzene rings is 1. The molecule has 3 heterocycles. The van der Waals surface area contributed by atoms with Gasteiger partial charge in [-0.1, -0.05) is 28.1 Å². The summed E-state index contributed by atoms with van der Waals surface area (Å²) in [5.74, 6) is 0.766. The third-order valence-electron chi connectivity index (χ3n) is 4.67. The molecular formula is C16H17BrN4O3S. The second kappa shape index (κ2) is 6.14. The molecule has 4 rings (SSSR count). The molecule has 2 amide bonds. The summed E-state index contributed by atoms with van der Waals surface area (Å²) < 4.78 is 26.0. The first-order chi connectivity index (χ1) is 11.9. The Morgan fingerprint density at radius 2 is 2.12 bits per heavy atom. The van der Waals surface area contributed by atoms with E-state index in [1.165, 1.54) is 0 Å². The SMILES string of the molecule is O=C(Nc1ccnn1C1CCS(=O)(=O)C1)N1Cc2cccc(Br)c2C1. The van der Waals surface area contributed by atoms with Crippen LogP contribution in [0.4, 0.5) is 10.6 Å². The second-order valence-corrected chi connectivity index (χ2v) is 9.46. The molecule has 1 atom stereocenters. The summed E-state index contributed by atoms with van der Waals surface area (Å²) in [4.78, 5) is 14.3. The van der Waals surface area contributed by atoms with Crippen molar-refractivity contribution in [1.82, 2.24) is 14.7 Å². The first kappa shape index (κ1) is 16.6. The molecule has 1 N–H and O–H groups in total. The zero-order chi connectivity index (χ0) is 17.6. The number of amides is 2. The van der Waals surface area contributed by atoms with Crippen molar-refractivity contribution in [1.29, 1.82) is 0 Å². The number of aromatic nitrogens is 2. The Labute approximate surface area is 154 Å². The lowest BCUT2D eigenvalue weighted by molar-refractivity contribution is 0.212. The number of carbonyl (C=O) groups is 1. The standard InChI is InChI=1S/C16H17BrN4O3S/c17-14-3-1-2-11-8-20(9-13(11)14)16(22)19-15-4-6-18-21(15)12-5-7-25(23,24)10-12/h1-4,6,12H,5,7-10H2,(H,19,22). The minimum atomic E-state index is -3.01. The lowest BCUT2D eigenvalue weighted by Gasteiger charge is -2.18. The number of hydrogen-bond donors (Lipinski definition) is 1. The number of urea groups is 1. The maximum atomic E-state index is 12.6. The van der Waals surface area contributed by atoms with Gasteiger partial charge in [0, 0.05) is 23.6 Å². The highest BCUT2D eigenvalue weighted by Gasteiger charge is 2.32. The molecule has 1 fully saturated rings. The lowest BCUT2D eigenvalue weighted by atomic mass is 10.1. The van der Waals surface area contributed by atoms with E-state index in [1.807, 2.05) is 18.2 Å². The summed E-state index contributed by atoms with van der Waals surface area (Å²) in [5.41, 5.74) is 2.24. The first-order valence-corrected chi connectivity index (χ1v) is 10.6. The smallest absolute Gasteiger partial charge is 0.316 e. The fraction of sp³-hybridized carbons (Fsp3) is 0.375. The molecule has 0 aliphatic carbocycles. The van der Waals surface area contributed by atoms with E-state index in [-0.39, 0.29) is 23.6 Å². The Kier molecular flexibility index (Phi) is 4.07. The van der Waals surface area contributed by atoms with Crippen LogP contribution in [-0.2, 0) is 22.9 Å². The number of sulfone groups is 1. The van der Waals surface area contributed by atoms with Crippen LogP contribution in [0.3, 0.4) is 0 Å². The predicted octanol–water partition coefficient (Wildman–Crippen LogP) is 2.55. The molecule has 1 aromatic heterocycles. The zero-order valence-corrected chi connectivity index (χ0v) is 15.8. The second-order valence-electron chi connectivity index (χ2n) is 6.38. The van der Waals surface area contributed by atoms with Crippen molar-refractivity contribution < 1.29 is 13.2 Å². The third-order valence-corrected chi connectivity index (χ3v) is 7.17. The van der Waals surface area contributed by atoms with Gasteiger partial charge in [0.1, 0.15) is 5.82 Å². The molecule has 0 saturated carbocycles. The topological polar surface area (TPSA) is 84.3 Å². The van der Waals surface area contributed by atoms with Crippen molar-refractivity contribution in [3.8, 4) is 0 Å². The van der Waals surface area contributed by atoms with Crippen LogP contribution in [0.2, 0.25) is 0 Å². The Morgan fingerprint density at radius 1 is 1.28 bits per heavy atom. The first-order valence-electron chi connectivity index (χ1n) is 7.99. The molecule has 2 aliphatic rings. The van der Waals surface area contributed by atoms with E-state index in [0.717, 1.165) is 15.6 Å². The largest absolute Gasteiger partial charge is 0.323 e. The molecule has 1 aromatic carbocycles. The summed E-state index contributed by atoms with van der Waals surface area (Å²) in [6.45, 7) is 1.08. The molecule has 0 bridgehead atoms. The Hall–Kier alpha value is -1.87. The van der Waals surface area contributed by atoms with Crippen molar-refractivity contribution >= 4 is 37.6 Å². The maximum absolute atomic E-state index is 12.6. The van der Waals surface area contributed by atoms with Gasteiger partial charge in [0.25, 0.3) is 0 Å². The fourth-order valence-corrected chi connectivity index (χ4v) is 5.61. The number of anilines is 1. The molecule has 2 aromatic rings. The molecular weight excluding hydrogens is 408 g/mol. The van der Waals surface area contributed by atoms with Gasteiger partial charge >= 0.3 is 6.03 Å². The molecule has 25 heavy (non-hydrogen) atoms. The van der Waals surface area contributed by atoms with Gasteiger partial charge in [-0.05, 0) is 23.6 Å². The highest BCUT2D eigenvalue weighted by molar-refractivity contribution is 9.10. The van der Waals surface area contributed by atoms with Gasteiger partial charge in [-0.2, -0.15) is 5.10 Å². The number of fused-ring (bicyclic) bond motifs is 1. The molecule has 9 heteroatoms. The van der Waals surface area contributed by atoms with Crippen LogP contribution in [-0.4, -0.2) is 40.6 Å². The molecule has 132 valence electrons. The third kappa shape index (κ3) is 3.18. The highest BCUT2D eigenvalue weighted by Crippen LogP contribution is 2.30. The fourth-order valence-electron chi connectivity index (χ4n) is 3.39. The minimum absolute atomic E-state index is 0.0691. The monoisotopic (exact) mass is 424 g/mol. The summed E-state index contributed by atoms with van der Waals surface area (Å²) >= 11 is 3.52. The van der Waals surface area contributed by atoms with Crippen molar-refractivity contribution in [2.75, 3.05) is 16.8 Å². The predicted molar refractivity (Wildman–Crippen MR) is 96.9 cm³/mol. The molecule has 1 saturated heterocycles. The number of halogens is 1. The van der Waals surface area contributed by atoms with E-state index in [4.69, 9.17) is 0 Å². The molecule has 0 radical (unpaired) electrons. The van der Waals surface area contributed by atoms with E-state index in [1.54, 1.807) is 21.8 Å². The van der Waals surface area contributed by atoms with Crippen LogP contribution in [0.1, 0.15) is 23.6 Å². The van der Waals surface area contributed by atoms with Crippen molar-refractivity contribution in [3.63, 3.8) is 0 Å². The number of carbonyl (C=O) groups excluding carboxylic acids is 1. The summed E-state index contributed by atoms with van der Waals surface area (Å²) in [7, 11) is -3.01. The highest BCUT2D eigenvalue weighted by atomic mass is 79.9. The van der Waals surface area contributed by atoms with E-state index in [0.29, 0.717) is 25.3 Å². The van der Waals surface area contributed by atoms with E-state index < -0.39 is 9.84 Å². The number of hydrogen-bond acceptors (Lipinski definition) is 4. The quantitative estimate of drug-likeness (QED) is 0.802. The van der Waals surface area contributed by atoms with Gasteiger partial charge in [-0.25, -0.2) is 17.9 Å². The minimum Gasteiger partial charge on any atom is -0.316 e. The Morgan fingerprint density at radius 3 is 2.84 bits per heavy atom. The number of nitrogens with one attached hydrogen (secondary N) is 1. The molecule has 0 spiro atoms. The average molecular weight is 425 g/mol. The zero-order valence-electron chi connectivity index (χ0n) is 13.4. The van der Waals surface area contributed by atoms with Crippen LogP contribution >= 0.6 is 15.9 Å². The summed E-state index contributed by atoms with van der Waals surface area (Å²) in [5, 5.41) is 7.08. The van der Waals surface area contributed by atoms with Crippen LogP contribution in [0.25, 0.3) is 0 Å². The normalized spacial score (nSPS) is 21.3. The van der Waals surface area contributed by atoms with Crippen molar-refractivity contribution in [3.05, 3.63) is 46.1 Å². The number of rotatable bonds is 2. The van der Waals surface area contributed by atoms with Gasteiger partial charge < -0.3 is 4.90 Å². The average Bonchev–Trinajstić information content (AvgIpc) is 3.25. The summed E-state index contributed by atoms with van der Waals surface area (Å²) in [6, 6.07) is 7.20. The van der Waals surface area contributed by atoms with E-state index >= 15 is 0 Å². The molecule has 7 nitrogen and oxygen atoms in total. The van der Waals surface area contributed by atoms with Gasteiger partial charge in [-0.15, -0.1) is 0 Å². The number of nitrogens with zero attached hydrogens (tertiary/aromatic N) is 3. The molecule has 2 aliphatic heterocycles. The van der Waals surface area contributed by atoms with E-state index in [9.17, 15) is 13.2 Å². The van der Waals surface area contributed by atoms with Gasteiger partial charge in [0.2, 0.25) is 0 Å². The Balaban J connectivity index is 1.48.